The van der Waals surface area contributed by atoms with E-state index in [0.29, 0.717) is 4.77 Å². The van der Waals surface area contributed by atoms with Crippen LogP contribution in [-0.2, 0) is 0 Å². The van der Waals surface area contributed by atoms with Crippen molar-refractivity contribution in [3.63, 3.8) is 0 Å². The highest BCUT2D eigenvalue weighted by Gasteiger charge is 2.35. The Labute approximate surface area is 118 Å². The third kappa shape index (κ3) is 2.08. The lowest BCUT2D eigenvalue weighted by atomic mass is 10.0. The highest BCUT2D eigenvalue weighted by atomic mass is 32.1. The molecule has 0 bridgehead atoms. The highest BCUT2D eigenvalue weighted by molar-refractivity contribution is 7.71. The van der Waals surface area contributed by atoms with Gasteiger partial charge in [-0.2, -0.15) is 0 Å². The Kier molecular flexibility index (Phi) is 2.93. The van der Waals surface area contributed by atoms with Gasteiger partial charge in [-0.1, -0.05) is 18.2 Å². The highest BCUT2D eigenvalue weighted by Crippen LogP contribution is 2.33. The van der Waals surface area contributed by atoms with E-state index in [1.165, 1.54) is 12.8 Å². The number of H-pyrrole nitrogens is 1. The largest absolute Gasteiger partial charge is 0.336 e. The molecule has 100 valence electrons. The van der Waals surface area contributed by atoms with E-state index in [1.54, 1.807) is 0 Å². The number of anilines is 1. The zero-order valence-corrected chi connectivity index (χ0v) is 12.1. The van der Waals surface area contributed by atoms with E-state index in [-0.39, 0.29) is 5.54 Å². The fraction of sp³-hybridized carbons (Fsp3) is 0.429. The minimum atomic E-state index is 0.132. The number of nitrogens with zero attached hydrogens (tertiary/aromatic N) is 3. The number of rotatable bonds is 2. The maximum atomic E-state index is 5.38. The number of nitrogens with one attached hydrogen (secondary N) is 1. The molecule has 0 unspecified atom stereocenters. The molecule has 0 spiro atoms. The van der Waals surface area contributed by atoms with E-state index in [1.807, 2.05) is 22.8 Å². The third-order valence-corrected chi connectivity index (χ3v) is 4.09. The molecular formula is C14H18N4S. The summed E-state index contributed by atoms with van der Waals surface area (Å²) in [6, 6.07) is 10.1. The van der Waals surface area contributed by atoms with Crippen LogP contribution in [0.15, 0.2) is 30.3 Å². The fourth-order valence-electron chi connectivity index (χ4n) is 2.76. The lowest BCUT2D eigenvalue weighted by molar-refractivity contribution is 0.507. The number of aromatic amines is 1. The summed E-state index contributed by atoms with van der Waals surface area (Å²) < 4.78 is 2.66. The molecule has 1 saturated heterocycles. The van der Waals surface area contributed by atoms with E-state index in [9.17, 15) is 0 Å². The van der Waals surface area contributed by atoms with Crippen LogP contribution in [0.1, 0.15) is 26.7 Å². The van der Waals surface area contributed by atoms with E-state index in [4.69, 9.17) is 12.2 Å². The first-order valence-electron chi connectivity index (χ1n) is 6.60. The second-order valence-corrected chi connectivity index (χ2v) is 5.95. The molecule has 3 rings (SSSR count). The van der Waals surface area contributed by atoms with E-state index in [2.05, 4.69) is 41.1 Å². The molecule has 1 aromatic heterocycles. The smallest absolute Gasteiger partial charge is 0.230 e. The molecule has 1 aromatic carbocycles. The minimum Gasteiger partial charge on any atom is -0.336 e. The Balaban J connectivity index is 2.12. The molecular weight excluding hydrogens is 256 g/mol. The molecule has 0 aliphatic carbocycles. The standard InChI is InChI=1S/C14H18N4S/c1-14(2)9-6-10-17(14)12-15-16-13(19)18(12)11-7-4-3-5-8-11/h3-5,7-8H,6,9-10H2,1-2H3,(H,16,19). The van der Waals surface area contributed by atoms with Gasteiger partial charge >= 0.3 is 0 Å². The average molecular weight is 274 g/mol. The van der Waals surface area contributed by atoms with Crippen LogP contribution >= 0.6 is 12.2 Å². The predicted molar refractivity (Wildman–Crippen MR) is 79.4 cm³/mol. The van der Waals surface area contributed by atoms with E-state index >= 15 is 0 Å². The van der Waals surface area contributed by atoms with Crippen LogP contribution in [0, 0.1) is 4.77 Å². The molecule has 1 aliphatic heterocycles. The monoisotopic (exact) mass is 274 g/mol. The molecule has 4 nitrogen and oxygen atoms in total. The van der Waals surface area contributed by atoms with Crippen molar-refractivity contribution in [3.05, 3.63) is 35.1 Å². The second kappa shape index (κ2) is 4.49. The van der Waals surface area contributed by atoms with Crippen LogP contribution in [-0.4, -0.2) is 26.8 Å². The van der Waals surface area contributed by atoms with E-state index in [0.717, 1.165) is 18.2 Å². The Morgan fingerprint density at radius 1 is 1.26 bits per heavy atom. The molecule has 1 aliphatic rings. The number of benzene rings is 1. The lowest BCUT2D eigenvalue weighted by Crippen LogP contribution is -2.39. The Hall–Kier alpha value is -1.62. The van der Waals surface area contributed by atoms with Crippen molar-refractivity contribution in [2.45, 2.75) is 32.2 Å². The summed E-state index contributed by atoms with van der Waals surface area (Å²) in [6.45, 7) is 5.54. The molecule has 0 saturated carbocycles. The van der Waals surface area contributed by atoms with Crippen molar-refractivity contribution in [1.29, 1.82) is 0 Å². The maximum Gasteiger partial charge on any atom is 0.230 e. The van der Waals surface area contributed by atoms with E-state index < -0.39 is 0 Å². The predicted octanol–water partition coefficient (Wildman–Crippen LogP) is 3.31. The van der Waals surface area contributed by atoms with Crippen molar-refractivity contribution in [3.8, 4) is 5.69 Å². The zero-order valence-electron chi connectivity index (χ0n) is 11.3. The van der Waals surface area contributed by atoms with Gasteiger partial charge in [0.1, 0.15) is 0 Å². The summed E-state index contributed by atoms with van der Waals surface area (Å²) in [5.74, 6) is 0.915. The van der Waals surface area contributed by atoms with Gasteiger partial charge in [-0.25, -0.2) is 5.10 Å². The summed E-state index contributed by atoms with van der Waals surface area (Å²) in [5.41, 5.74) is 1.19. The molecule has 0 radical (unpaired) electrons. The topological polar surface area (TPSA) is 36.9 Å². The molecule has 0 amide bonds. The van der Waals surface area contributed by atoms with Gasteiger partial charge < -0.3 is 4.90 Å². The number of para-hydroxylation sites is 1. The average Bonchev–Trinajstić information content (AvgIpc) is 2.92. The van der Waals surface area contributed by atoms with Gasteiger partial charge in [0.05, 0.1) is 5.69 Å². The lowest BCUT2D eigenvalue weighted by Gasteiger charge is -2.32. The molecule has 19 heavy (non-hydrogen) atoms. The normalized spacial score (nSPS) is 17.9. The fourth-order valence-corrected chi connectivity index (χ4v) is 2.99. The maximum absolute atomic E-state index is 5.38. The quantitative estimate of drug-likeness (QED) is 0.854. The van der Waals surface area contributed by atoms with Crippen LogP contribution < -0.4 is 4.90 Å². The number of hydrogen-bond acceptors (Lipinski definition) is 3. The number of aromatic nitrogens is 3. The van der Waals surface area contributed by atoms with Gasteiger partial charge in [-0.3, -0.25) is 4.57 Å². The molecule has 1 N–H and O–H groups in total. The summed E-state index contributed by atoms with van der Waals surface area (Å²) >= 11 is 5.38. The SMILES string of the molecule is CC1(C)CCCN1c1n[nH]c(=S)n1-c1ccccc1. The molecule has 5 heteroatoms. The first-order chi connectivity index (χ1) is 9.09. The van der Waals surface area contributed by atoms with Crippen molar-refractivity contribution >= 4 is 18.2 Å². The van der Waals surface area contributed by atoms with Crippen molar-refractivity contribution in [2.24, 2.45) is 0 Å². The first kappa shape index (κ1) is 12.4. The van der Waals surface area contributed by atoms with Gasteiger partial charge in [-0.05, 0) is 51.0 Å². The van der Waals surface area contributed by atoms with Crippen molar-refractivity contribution in [2.75, 3.05) is 11.4 Å². The second-order valence-electron chi connectivity index (χ2n) is 5.57. The van der Waals surface area contributed by atoms with Crippen LogP contribution in [0.3, 0.4) is 0 Å². The Morgan fingerprint density at radius 2 is 2.00 bits per heavy atom. The van der Waals surface area contributed by atoms with Gasteiger partial charge in [0.25, 0.3) is 0 Å². The minimum absolute atomic E-state index is 0.132. The van der Waals surface area contributed by atoms with Crippen molar-refractivity contribution < 1.29 is 0 Å². The zero-order chi connectivity index (χ0) is 13.5. The summed E-state index contributed by atoms with van der Waals surface area (Å²) in [6.07, 6.45) is 2.38. The van der Waals surface area contributed by atoms with Crippen LogP contribution in [0.2, 0.25) is 0 Å². The molecule has 2 heterocycles. The van der Waals surface area contributed by atoms with Gasteiger partial charge in [-0.15, -0.1) is 5.10 Å². The first-order valence-corrected chi connectivity index (χ1v) is 7.01. The van der Waals surface area contributed by atoms with Crippen LogP contribution in [0.5, 0.6) is 0 Å². The Morgan fingerprint density at radius 3 is 2.63 bits per heavy atom. The van der Waals surface area contributed by atoms with Gasteiger partial charge in [0.2, 0.25) is 10.7 Å². The molecule has 2 aromatic rings. The summed E-state index contributed by atoms with van der Waals surface area (Å²) in [7, 11) is 0. The molecule has 0 atom stereocenters. The summed E-state index contributed by atoms with van der Waals surface area (Å²) in [5, 5.41) is 7.37. The third-order valence-electron chi connectivity index (χ3n) is 3.81. The number of hydrogen-bond donors (Lipinski definition) is 1. The van der Waals surface area contributed by atoms with Gasteiger partial charge in [0.15, 0.2) is 0 Å². The molecule has 1 fully saturated rings. The van der Waals surface area contributed by atoms with Crippen LogP contribution in [0.4, 0.5) is 5.95 Å². The summed E-state index contributed by atoms with van der Waals surface area (Å²) in [4.78, 5) is 2.34. The van der Waals surface area contributed by atoms with Gasteiger partial charge in [0, 0.05) is 12.1 Å². The van der Waals surface area contributed by atoms with Crippen molar-refractivity contribution in [1.82, 2.24) is 14.8 Å². The Bertz CT molecular complexity index is 626. The van der Waals surface area contributed by atoms with Crippen LogP contribution in [0.25, 0.3) is 5.69 Å².